The predicted molar refractivity (Wildman–Crippen MR) is 60.3 cm³/mol. The van der Waals surface area contributed by atoms with Crippen LogP contribution in [0.15, 0.2) is 18.2 Å². The van der Waals surface area contributed by atoms with Gasteiger partial charge >= 0.3 is 11.9 Å². The Morgan fingerprint density at radius 1 is 1.12 bits per heavy atom. The van der Waals surface area contributed by atoms with Crippen LogP contribution in [0.5, 0.6) is 5.75 Å². The third-order valence-electron chi connectivity index (χ3n) is 2.12. The van der Waals surface area contributed by atoms with Crippen LogP contribution < -0.4 is 4.74 Å². The predicted octanol–water partition coefficient (Wildman–Crippen LogP) is 1.66. The van der Waals surface area contributed by atoms with Crippen LogP contribution in [0.2, 0.25) is 0 Å². The molecule has 1 aromatic rings. The summed E-state index contributed by atoms with van der Waals surface area (Å²) < 4.78 is 14.5. The van der Waals surface area contributed by atoms with E-state index in [-0.39, 0.29) is 11.1 Å². The Morgan fingerprint density at radius 3 is 2.29 bits per heavy atom. The fraction of sp³-hybridized carbons (Fsp3) is 0.333. The van der Waals surface area contributed by atoms with Gasteiger partial charge in [-0.05, 0) is 19.1 Å². The first-order valence-electron chi connectivity index (χ1n) is 5.08. The van der Waals surface area contributed by atoms with Crippen LogP contribution in [0.25, 0.3) is 0 Å². The lowest BCUT2D eigenvalue weighted by molar-refractivity contribution is 0.0551. The molecule has 0 aromatic heterocycles. The number of ether oxygens (including phenoxy) is 3. The molecule has 92 valence electrons. The van der Waals surface area contributed by atoms with E-state index in [2.05, 4.69) is 9.47 Å². The molecule has 0 N–H and O–H groups in total. The first kappa shape index (κ1) is 13.0. The highest BCUT2D eigenvalue weighted by atomic mass is 16.5. The second kappa shape index (κ2) is 5.89. The lowest BCUT2D eigenvalue weighted by Crippen LogP contribution is -2.13. The molecular formula is C12H14O5. The molecule has 0 unspecified atom stereocenters. The molecule has 0 heterocycles. The Balaban J connectivity index is 3.33. The molecule has 5 nitrogen and oxygen atoms in total. The highest BCUT2D eigenvalue weighted by molar-refractivity contribution is 6.05. The molecule has 17 heavy (non-hydrogen) atoms. The molecule has 0 aliphatic rings. The minimum atomic E-state index is -0.630. The van der Waals surface area contributed by atoms with Crippen molar-refractivity contribution < 1.29 is 23.8 Å². The average molecular weight is 238 g/mol. The summed E-state index contributed by atoms with van der Waals surface area (Å²) in [6.07, 6.45) is 0. The molecule has 1 aromatic carbocycles. The monoisotopic (exact) mass is 238 g/mol. The second-order valence-electron chi connectivity index (χ2n) is 3.09. The van der Waals surface area contributed by atoms with Crippen LogP contribution in [-0.2, 0) is 9.47 Å². The van der Waals surface area contributed by atoms with Crippen molar-refractivity contribution in [2.45, 2.75) is 6.92 Å². The summed E-state index contributed by atoms with van der Waals surface area (Å²) >= 11 is 0. The normalized spacial score (nSPS) is 9.59. The number of carbonyl (C=O) groups is 2. The van der Waals surface area contributed by atoms with Crippen LogP contribution >= 0.6 is 0 Å². The van der Waals surface area contributed by atoms with E-state index in [1.54, 1.807) is 19.1 Å². The standard InChI is InChI=1S/C12H14O5/c1-4-17-9-7-5-6-8(11(13)15-2)10(9)12(14)16-3/h5-7H,4H2,1-3H3. The average Bonchev–Trinajstić information content (AvgIpc) is 2.37. The fourth-order valence-electron chi connectivity index (χ4n) is 1.40. The summed E-state index contributed by atoms with van der Waals surface area (Å²) in [6.45, 7) is 2.17. The summed E-state index contributed by atoms with van der Waals surface area (Å²) in [5.74, 6) is -0.927. The van der Waals surface area contributed by atoms with Gasteiger partial charge in [-0.3, -0.25) is 0 Å². The minimum absolute atomic E-state index is 0.0868. The summed E-state index contributed by atoms with van der Waals surface area (Å²) in [7, 11) is 2.49. The number of hydrogen-bond acceptors (Lipinski definition) is 5. The highest BCUT2D eigenvalue weighted by Gasteiger charge is 2.22. The number of hydrogen-bond donors (Lipinski definition) is 0. The van der Waals surface area contributed by atoms with Crippen molar-refractivity contribution >= 4 is 11.9 Å². The summed E-state index contributed by atoms with van der Waals surface area (Å²) in [5, 5.41) is 0. The fourth-order valence-corrected chi connectivity index (χ4v) is 1.40. The molecule has 0 saturated heterocycles. The van der Waals surface area contributed by atoms with E-state index < -0.39 is 11.9 Å². The van der Waals surface area contributed by atoms with Crippen molar-refractivity contribution in [2.24, 2.45) is 0 Å². The van der Waals surface area contributed by atoms with Crippen LogP contribution in [0, 0.1) is 0 Å². The van der Waals surface area contributed by atoms with E-state index in [9.17, 15) is 9.59 Å². The van der Waals surface area contributed by atoms with E-state index in [0.29, 0.717) is 12.4 Å². The number of methoxy groups -OCH3 is 2. The first-order valence-corrected chi connectivity index (χ1v) is 5.08. The van der Waals surface area contributed by atoms with Crippen LogP contribution in [0.4, 0.5) is 0 Å². The van der Waals surface area contributed by atoms with Crippen molar-refractivity contribution in [3.8, 4) is 5.75 Å². The van der Waals surface area contributed by atoms with Crippen molar-refractivity contribution in [1.29, 1.82) is 0 Å². The molecule has 0 bridgehead atoms. The second-order valence-corrected chi connectivity index (χ2v) is 3.09. The molecular weight excluding hydrogens is 224 g/mol. The zero-order chi connectivity index (χ0) is 12.8. The van der Waals surface area contributed by atoms with E-state index in [1.807, 2.05) is 0 Å². The van der Waals surface area contributed by atoms with Crippen LogP contribution in [0.3, 0.4) is 0 Å². The molecule has 0 atom stereocenters. The number of carbonyl (C=O) groups excluding carboxylic acids is 2. The summed E-state index contributed by atoms with van der Waals surface area (Å²) in [5.41, 5.74) is 0.217. The van der Waals surface area contributed by atoms with Crippen molar-refractivity contribution in [3.05, 3.63) is 29.3 Å². The Labute approximate surface area is 99.3 Å². The maximum Gasteiger partial charge on any atom is 0.342 e. The maximum absolute atomic E-state index is 11.6. The van der Waals surface area contributed by atoms with Crippen molar-refractivity contribution in [3.63, 3.8) is 0 Å². The van der Waals surface area contributed by atoms with E-state index in [1.165, 1.54) is 20.3 Å². The van der Waals surface area contributed by atoms with Gasteiger partial charge in [-0.1, -0.05) is 6.07 Å². The van der Waals surface area contributed by atoms with Crippen molar-refractivity contribution in [2.75, 3.05) is 20.8 Å². The molecule has 1 rings (SSSR count). The molecule has 0 radical (unpaired) electrons. The Morgan fingerprint density at radius 2 is 1.76 bits per heavy atom. The largest absolute Gasteiger partial charge is 0.493 e. The smallest absolute Gasteiger partial charge is 0.342 e. The van der Waals surface area contributed by atoms with Crippen LogP contribution in [0.1, 0.15) is 27.6 Å². The van der Waals surface area contributed by atoms with Gasteiger partial charge in [0.2, 0.25) is 0 Å². The molecule has 0 aliphatic carbocycles. The Bertz CT molecular complexity index is 425. The lowest BCUT2D eigenvalue weighted by Gasteiger charge is -2.11. The molecule has 0 aliphatic heterocycles. The van der Waals surface area contributed by atoms with Gasteiger partial charge < -0.3 is 14.2 Å². The van der Waals surface area contributed by atoms with Gasteiger partial charge in [0.1, 0.15) is 11.3 Å². The zero-order valence-electron chi connectivity index (χ0n) is 9.98. The Kier molecular flexibility index (Phi) is 4.51. The molecule has 5 heteroatoms. The Hall–Kier alpha value is -2.04. The van der Waals surface area contributed by atoms with Gasteiger partial charge in [-0.15, -0.1) is 0 Å². The molecule has 0 spiro atoms. The maximum atomic E-state index is 11.6. The molecule has 0 saturated carbocycles. The van der Waals surface area contributed by atoms with Gasteiger partial charge in [0, 0.05) is 0 Å². The number of esters is 2. The summed E-state index contributed by atoms with van der Waals surface area (Å²) in [4.78, 5) is 23.2. The SMILES string of the molecule is CCOc1cccc(C(=O)OC)c1C(=O)OC. The highest BCUT2D eigenvalue weighted by Crippen LogP contribution is 2.24. The van der Waals surface area contributed by atoms with E-state index in [4.69, 9.17) is 4.74 Å². The third-order valence-corrected chi connectivity index (χ3v) is 2.12. The zero-order valence-corrected chi connectivity index (χ0v) is 9.98. The minimum Gasteiger partial charge on any atom is -0.493 e. The number of benzene rings is 1. The molecule has 0 amide bonds. The van der Waals surface area contributed by atoms with Gasteiger partial charge in [0.05, 0.1) is 26.4 Å². The van der Waals surface area contributed by atoms with E-state index >= 15 is 0 Å². The topological polar surface area (TPSA) is 61.8 Å². The summed E-state index contributed by atoms with van der Waals surface area (Å²) in [6, 6.07) is 4.70. The first-order chi connectivity index (χ1) is 8.15. The lowest BCUT2D eigenvalue weighted by atomic mass is 10.1. The van der Waals surface area contributed by atoms with Gasteiger partial charge in [-0.2, -0.15) is 0 Å². The third kappa shape index (κ3) is 2.75. The van der Waals surface area contributed by atoms with Gasteiger partial charge in [0.15, 0.2) is 0 Å². The van der Waals surface area contributed by atoms with E-state index in [0.717, 1.165) is 0 Å². The van der Waals surface area contributed by atoms with Crippen LogP contribution in [-0.4, -0.2) is 32.8 Å². The number of rotatable bonds is 4. The van der Waals surface area contributed by atoms with Crippen molar-refractivity contribution in [1.82, 2.24) is 0 Å². The van der Waals surface area contributed by atoms with Gasteiger partial charge in [-0.25, -0.2) is 9.59 Å². The molecule has 0 fully saturated rings. The quantitative estimate of drug-likeness (QED) is 0.746. The van der Waals surface area contributed by atoms with Gasteiger partial charge in [0.25, 0.3) is 0 Å².